The monoisotopic (exact) mass is 451 g/mol. The minimum atomic E-state index is -3.21. The van der Waals surface area contributed by atoms with Gasteiger partial charge in [-0.15, -0.1) is 0 Å². The number of hydrogen-bond acceptors (Lipinski definition) is 5. The largest absolute Gasteiger partial charge is 0.453 e. The number of alkyl halides is 2. The van der Waals surface area contributed by atoms with Crippen molar-refractivity contribution in [3.05, 3.63) is 90.0 Å². The molecule has 0 heterocycles. The summed E-state index contributed by atoms with van der Waals surface area (Å²) in [6.45, 7) is 0.000390. The van der Waals surface area contributed by atoms with Crippen molar-refractivity contribution < 1.29 is 27.8 Å². The Hall–Kier alpha value is -3.76. The molecule has 1 unspecified atom stereocenters. The van der Waals surface area contributed by atoms with Gasteiger partial charge in [-0.2, -0.15) is 14.0 Å². The number of para-hydroxylation sites is 1. The van der Waals surface area contributed by atoms with Crippen molar-refractivity contribution in [3.8, 4) is 23.3 Å². The van der Waals surface area contributed by atoms with Crippen molar-refractivity contribution in [2.45, 2.75) is 32.5 Å². The fraction of sp³-hybridized carbons (Fsp3) is 0.231. The van der Waals surface area contributed by atoms with Crippen LogP contribution in [0.1, 0.15) is 25.0 Å². The van der Waals surface area contributed by atoms with Gasteiger partial charge in [-0.25, -0.2) is 4.79 Å². The Morgan fingerprint density at radius 1 is 0.970 bits per heavy atom. The van der Waals surface area contributed by atoms with Gasteiger partial charge in [-0.05, 0) is 41.3 Å². The van der Waals surface area contributed by atoms with E-state index in [1.807, 2.05) is 6.07 Å². The van der Waals surface area contributed by atoms with Gasteiger partial charge in [-0.3, -0.25) is 4.74 Å². The first-order valence-electron chi connectivity index (χ1n) is 10.3. The number of nitriles is 1. The maximum absolute atomic E-state index is 13.5. The number of esters is 1. The Morgan fingerprint density at radius 2 is 1.61 bits per heavy atom. The van der Waals surface area contributed by atoms with Gasteiger partial charge in [0.05, 0.1) is 12.5 Å². The zero-order chi connectivity index (χ0) is 23.8. The molecule has 7 heteroatoms. The van der Waals surface area contributed by atoms with E-state index >= 15 is 0 Å². The van der Waals surface area contributed by atoms with Gasteiger partial charge in [0, 0.05) is 0 Å². The molecule has 0 bridgehead atoms. The zero-order valence-corrected chi connectivity index (χ0v) is 18.2. The van der Waals surface area contributed by atoms with Crippen LogP contribution in [0.5, 0.6) is 17.2 Å². The van der Waals surface area contributed by atoms with Crippen LogP contribution in [-0.4, -0.2) is 12.6 Å². The van der Waals surface area contributed by atoms with Crippen LogP contribution in [0.4, 0.5) is 8.78 Å². The number of nitrogens with zero attached hydrogens (tertiary/aromatic N) is 1. The maximum atomic E-state index is 13.5. The van der Waals surface area contributed by atoms with Crippen LogP contribution in [0.2, 0.25) is 0 Å². The molecule has 170 valence electrons. The number of ether oxygens (including phenoxy) is 3. The van der Waals surface area contributed by atoms with Crippen LogP contribution < -0.4 is 9.47 Å². The van der Waals surface area contributed by atoms with Crippen molar-refractivity contribution in [2.24, 2.45) is 5.92 Å². The lowest BCUT2D eigenvalue weighted by atomic mass is 9.83. The lowest BCUT2D eigenvalue weighted by molar-refractivity contribution is -0.235. The van der Waals surface area contributed by atoms with Gasteiger partial charge in [0.25, 0.3) is 0 Å². The van der Waals surface area contributed by atoms with Crippen molar-refractivity contribution >= 4 is 5.97 Å². The van der Waals surface area contributed by atoms with Crippen LogP contribution in [0.15, 0.2) is 78.9 Å². The van der Waals surface area contributed by atoms with Crippen LogP contribution in [0.3, 0.4) is 0 Å². The van der Waals surface area contributed by atoms with Crippen LogP contribution in [0, 0.1) is 17.2 Å². The highest BCUT2D eigenvalue weighted by molar-refractivity contribution is 5.84. The number of carbonyl (C=O) groups excluding carboxylic acids is 1. The minimum Gasteiger partial charge on any atom is -0.453 e. The Labute approximate surface area is 191 Å². The minimum absolute atomic E-state index is 0.0179. The molecule has 3 aromatic rings. The lowest BCUT2D eigenvalue weighted by Crippen LogP contribution is -2.47. The Kier molecular flexibility index (Phi) is 7.75. The quantitative estimate of drug-likeness (QED) is 0.284. The fourth-order valence-corrected chi connectivity index (χ4v) is 3.47. The third kappa shape index (κ3) is 5.54. The van der Waals surface area contributed by atoms with E-state index in [1.165, 1.54) is 6.07 Å². The highest BCUT2D eigenvalue weighted by Gasteiger charge is 2.49. The summed E-state index contributed by atoms with van der Waals surface area (Å²) in [7, 11) is 0. The molecule has 5 nitrogen and oxygen atoms in total. The van der Waals surface area contributed by atoms with E-state index in [4.69, 9.17) is 19.5 Å². The van der Waals surface area contributed by atoms with E-state index < -0.39 is 24.1 Å². The highest BCUT2D eigenvalue weighted by atomic mass is 19.3. The molecule has 0 aromatic heterocycles. The standard InChI is InChI=1S/C26H23F2NO4/c1-18(2)26(33-25(27)28,20-9-5-3-6-10-20)24(30)32-22-14-13-19(15-16-29)17-23(22)31-21-11-7-4-8-12-21/h3-14,17-18,25H,15H2,1-2H3. The Bertz CT molecular complexity index is 1110. The fourth-order valence-electron chi connectivity index (χ4n) is 3.47. The molecule has 0 aliphatic carbocycles. The first-order chi connectivity index (χ1) is 15.9. The summed E-state index contributed by atoms with van der Waals surface area (Å²) in [5.41, 5.74) is -1.16. The van der Waals surface area contributed by atoms with E-state index in [2.05, 4.69) is 6.07 Å². The molecule has 33 heavy (non-hydrogen) atoms. The number of hydrogen-bond donors (Lipinski definition) is 0. The Balaban J connectivity index is 2.03. The molecule has 0 fully saturated rings. The third-order valence-corrected chi connectivity index (χ3v) is 5.06. The van der Waals surface area contributed by atoms with Gasteiger partial charge in [0.15, 0.2) is 17.1 Å². The number of halogens is 2. The molecule has 3 aromatic carbocycles. The summed E-state index contributed by atoms with van der Waals surface area (Å²) in [6, 6.07) is 23.6. The molecule has 0 N–H and O–H groups in total. The van der Waals surface area contributed by atoms with Gasteiger partial charge < -0.3 is 9.47 Å². The predicted molar refractivity (Wildman–Crippen MR) is 118 cm³/mol. The molecular weight excluding hydrogens is 428 g/mol. The lowest BCUT2D eigenvalue weighted by Gasteiger charge is -2.35. The highest BCUT2D eigenvalue weighted by Crippen LogP contribution is 2.40. The molecule has 0 aliphatic rings. The average Bonchev–Trinajstić information content (AvgIpc) is 2.80. The summed E-state index contributed by atoms with van der Waals surface area (Å²) < 4.78 is 43.4. The second-order valence-electron chi connectivity index (χ2n) is 7.56. The van der Waals surface area contributed by atoms with Gasteiger partial charge in [0.1, 0.15) is 5.75 Å². The van der Waals surface area contributed by atoms with E-state index in [0.717, 1.165) is 0 Å². The number of rotatable bonds is 9. The van der Waals surface area contributed by atoms with Crippen LogP contribution in [0.25, 0.3) is 0 Å². The molecule has 0 radical (unpaired) electrons. The molecule has 1 atom stereocenters. The van der Waals surface area contributed by atoms with E-state index in [9.17, 15) is 13.6 Å². The summed E-state index contributed by atoms with van der Waals surface area (Å²) in [4.78, 5) is 13.4. The molecule has 0 saturated heterocycles. The second-order valence-corrected chi connectivity index (χ2v) is 7.56. The molecule has 3 rings (SSSR count). The number of carbonyl (C=O) groups is 1. The van der Waals surface area contributed by atoms with Gasteiger partial charge in [0.2, 0.25) is 0 Å². The van der Waals surface area contributed by atoms with E-state index in [-0.39, 0.29) is 23.5 Å². The maximum Gasteiger partial charge on any atom is 0.349 e. The third-order valence-electron chi connectivity index (χ3n) is 5.06. The SMILES string of the molecule is CC(C)C(OC(F)F)(C(=O)Oc1ccc(CC#N)cc1Oc1ccccc1)c1ccccc1. The topological polar surface area (TPSA) is 68.5 Å². The van der Waals surface area contributed by atoms with Crippen molar-refractivity contribution in [1.82, 2.24) is 0 Å². The first kappa shape index (κ1) is 23.9. The van der Waals surface area contributed by atoms with Crippen molar-refractivity contribution in [2.75, 3.05) is 0 Å². The van der Waals surface area contributed by atoms with Crippen LogP contribution in [-0.2, 0) is 21.6 Å². The average molecular weight is 451 g/mol. The van der Waals surface area contributed by atoms with Crippen LogP contribution >= 0.6 is 0 Å². The predicted octanol–water partition coefficient (Wildman–Crippen LogP) is 6.24. The molecule has 0 amide bonds. The molecular formula is C26H23F2NO4. The summed E-state index contributed by atoms with van der Waals surface area (Å²) in [6.07, 6.45) is 0.119. The van der Waals surface area contributed by atoms with Crippen molar-refractivity contribution in [3.63, 3.8) is 0 Å². The molecule has 0 spiro atoms. The summed E-state index contributed by atoms with van der Waals surface area (Å²) >= 11 is 0. The van der Waals surface area contributed by atoms with Gasteiger partial charge in [-0.1, -0.05) is 68.4 Å². The van der Waals surface area contributed by atoms with Gasteiger partial charge >= 0.3 is 12.6 Å². The van der Waals surface area contributed by atoms with E-state index in [1.54, 1.807) is 80.6 Å². The molecule has 0 saturated carbocycles. The summed E-state index contributed by atoms with van der Waals surface area (Å²) in [5, 5.41) is 9.03. The smallest absolute Gasteiger partial charge is 0.349 e. The number of benzene rings is 3. The van der Waals surface area contributed by atoms with E-state index in [0.29, 0.717) is 11.3 Å². The van der Waals surface area contributed by atoms with Crippen molar-refractivity contribution in [1.29, 1.82) is 5.26 Å². The molecule has 0 aliphatic heterocycles. The first-order valence-corrected chi connectivity index (χ1v) is 10.3. The second kappa shape index (κ2) is 10.7. The normalized spacial score (nSPS) is 12.8. The zero-order valence-electron chi connectivity index (χ0n) is 18.2. The summed E-state index contributed by atoms with van der Waals surface area (Å²) in [5.74, 6) is -1.02. The Morgan fingerprint density at radius 3 is 2.18 bits per heavy atom.